The highest BCUT2D eigenvalue weighted by Gasteiger charge is 1.97. The maximum atomic E-state index is 2.18. The topological polar surface area (TPSA) is 0 Å². The molecule has 0 heterocycles. The molecule has 0 heteroatoms. The van der Waals surface area contributed by atoms with Crippen molar-refractivity contribution in [3.05, 3.63) is 34.4 Å². The van der Waals surface area contributed by atoms with Crippen molar-refractivity contribution in [2.75, 3.05) is 0 Å². The van der Waals surface area contributed by atoms with E-state index in [-0.39, 0.29) is 0 Å². The Balaban J connectivity index is 0. The van der Waals surface area contributed by atoms with Gasteiger partial charge in [-0.1, -0.05) is 39.8 Å². The molecular weight excluding hydrogens is 168 g/mol. The quantitative estimate of drug-likeness (QED) is 0.547. The Morgan fingerprint density at radius 3 is 1.00 bits per heavy atom. The standard InChI is InChI=1S/C10H14.2C2H6/c1-7-5-6-8(2)10(4)9(7)3;2*1-2/h5-6H,1-4H3;2*1-2H3. The molecule has 0 N–H and O–H groups in total. The number of benzene rings is 1. The van der Waals surface area contributed by atoms with Gasteiger partial charge in [-0.2, -0.15) is 0 Å². The highest BCUT2D eigenvalue weighted by Crippen LogP contribution is 2.15. The van der Waals surface area contributed by atoms with E-state index in [0.717, 1.165) is 0 Å². The van der Waals surface area contributed by atoms with E-state index >= 15 is 0 Å². The molecule has 0 bridgehead atoms. The molecule has 1 aromatic carbocycles. The lowest BCUT2D eigenvalue weighted by molar-refractivity contribution is 1.22. The Bertz CT molecular complexity index is 219. The minimum absolute atomic E-state index is 1.39. The monoisotopic (exact) mass is 194 g/mol. The Labute approximate surface area is 90.4 Å². The van der Waals surface area contributed by atoms with Crippen molar-refractivity contribution < 1.29 is 0 Å². The minimum atomic E-state index is 1.39. The van der Waals surface area contributed by atoms with Crippen LogP contribution in [-0.2, 0) is 0 Å². The smallest absolute Gasteiger partial charge is 0.0392 e. The maximum Gasteiger partial charge on any atom is -0.0392 e. The summed E-state index contributed by atoms with van der Waals surface area (Å²) in [6.07, 6.45) is 0. The molecular formula is C14H26. The van der Waals surface area contributed by atoms with E-state index in [1.54, 1.807) is 0 Å². The van der Waals surface area contributed by atoms with Gasteiger partial charge in [-0.05, 0) is 49.9 Å². The van der Waals surface area contributed by atoms with Crippen LogP contribution >= 0.6 is 0 Å². The van der Waals surface area contributed by atoms with Gasteiger partial charge in [-0.25, -0.2) is 0 Å². The molecule has 0 saturated carbocycles. The summed E-state index contributed by atoms with van der Waals surface area (Å²) in [4.78, 5) is 0. The molecule has 0 aliphatic heterocycles. The van der Waals surface area contributed by atoms with Crippen LogP contribution in [0.25, 0.3) is 0 Å². The van der Waals surface area contributed by atoms with Gasteiger partial charge in [0.2, 0.25) is 0 Å². The number of aryl methyl sites for hydroxylation is 2. The fourth-order valence-corrected chi connectivity index (χ4v) is 1.09. The summed E-state index contributed by atoms with van der Waals surface area (Å²) in [6, 6.07) is 4.36. The molecule has 0 atom stereocenters. The summed E-state index contributed by atoms with van der Waals surface area (Å²) in [5.41, 5.74) is 5.64. The van der Waals surface area contributed by atoms with Gasteiger partial charge in [0.25, 0.3) is 0 Å². The van der Waals surface area contributed by atoms with Crippen LogP contribution in [0.5, 0.6) is 0 Å². The maximum absolute atomic E-state index is 2.18. The Kier molecular flexibility index (Phi) is 9.86. The molecule has 0 aliphatic carbocycles. The van der Waals surface area contributed by atoms with Crippen molar-refractivity contribution in [1.82, 2.24) is 0 Å². The second-order valence-electron chi connectivity index (χ2n) is 2.95. The second-order valence-corrected chi connectivity index (χ2v) is 2.95. The van der Waals surface area contributed by atoms with Gasteiger partial charge in [-0.15, -0.1) is 0 Å². The fourth-order valence-electron chi connectivity index (χ4n) is 1.09. The Morgan fingerprint density at radius 2 is 0.786 bits per heavy atom. The molecule has 0 aliphatic rings. The van der Waals surface area contributed by atoms with Crippen molar-refractivity contribution >= 4 is 0 Å². The fraction of sp³-hybridized carbons (Fsp3) is 0.571. The summed E-state index contributed by atoms with van der Waals surface area (Å²) in [6.45, 7) is 16.7. The summed E-state index contributed by atoms with van der Waals surface area (Å²) >= 11 is 0. The zero-order chi connectivity index (χ0) is 11.7. The lowest BCUT2D eigenvalue weighted by Crippen LogP contribution is -1.88. The lowest BCUT2D eigenvalue weighted by atomic mass is 10.0. The molecule has 82 valence electrons. The van der Waals surface area contributed by atoms with Crippen molar-refractivity contribution in [2.24, 2.45) is 0 Å². The van der Waals surface area contributed by atoms with Gasteiger partial charge < -0.3 is 0 Å². The SMILES string of the molecule is CC.CC.Cc1ccc(C)c(C)c1C. The van der Waals surface area contributed by atoms with Gasteiger partial charge in [0, 0.05) is 0 Å². The second kappa shape index (κ2) is 8.80. The summed E-state index contributed by atoms with van der Waals surface area (Å²) in [7, 11) is 0. The zero-order valence-electron chi connectivity index (χ0n) is 11.2. The Hall–Kier alpha value is -0.780. The molecule has 14 heavy (non-hydrogen) atoms. The average molecular weight is 194 g/mol. The Morgan fingerprint density at radius 1 is 0.571 bits per heavy atom. The van der Waals surface area contributed by atoms with Gasteiger partial charge in [0.05, 0.1) is 0 Å². The van der Waals surface area contributed by atoms with Crippen LogP contribution < -0.4 is 0 Å². The van der Waals surface area contributed by atoms with Gasteiger partial charge >= 0.3 is 0 Å². The molecule has 1 aromatic rings. The molecule has 1 rings (SSSR count). The van der Waals surface area contributed by atoms with E-state index in [1.807, 2.05) is 27.7 Å². The van der Waals surface area contributed by atoms with Crippen molar-refractivity contribution in [3.63, 3.8) is 0 Å². The first kappa shape index (κ1) is 15.7. The van der Waals surface area contributed by atoms with E-state index in [2.05, 4.69) is 39.8 Å². The molecule has 0 nitrogen and oxygen atoms in total. The first-order chi connectivity index (χ1) is 6.63. The zero-order valence-corrected chi connectivity index (χ0v) is 11.2. The predicted molar refractivity (Wildman–Crippen MR) is 68.1 cm³/mol. The molecule has 0 unspecified atom stereocenters. The predicted octanol–water partition coefficient (Wildman–Crippen LogP) is 4.97. The number of hydrogen-bond donors (Lipinski definition) is 0. The number of rotatable bonds is 0. The van der Waals surface area contributed by atoms with E-state index in [4.69, 9.17) is 0 Å². The summed E-state index contributed by atoms with van der Waals surface area (Å²) < 4.78 is 0. The normalized spacial score (nSPS) is 8.00. The van der Waals surface area contributed by atoms with Crippen LogP contribution in [0.3, 0.4) is 0 Å². The van der Waals surface area contributed by atoms with E-state index < -0.39 is 0 Å². The van der Waals surface area contributed by atoms with E-state index in [0.29, 0.717) is 0 Å². The van der Waals surface area contributed by atoms with Gasteiger partial charge in [-0.3, -0.25) is 0 Å². The highest BCUT2D eigenvalue weighted by molar-refractivity contribution is 5.37. The molecule has 0 spiro atoms. The van der Waals surface area contributed by atoms with Crippen LogP contribution in [-0.4, -0.2) is 0 Å². The minimum Gasteiger partial charge on any atom is -0.0683 e. The number of hydrogen-bond acceptors (Lipinski definition) is 0. The van der Waals surface area contributed by atoms with E-state index in [9.17, 15) is 0 Å². The first-order valence-electron chi connectivity index (χ1n) is 5.66. The van der Waals surface area contributed by atoms with Crippen molar-refractivity contribution in [3.8, 4) is 0 Å². The third-order valence-electron chi connectivity index (χ3n) is 2.33. The summed E-state index contributed by atoms with van der Waals surface area (Å²) in [5.74, 6) is 0. The molecule has 0 amide bonds. The third kappa shape index (κ3) is 4.45. The van der Waals surface area contributed by atoms with Gasteiger partial charge in [0.15, 0.2) is 0 Å². The lowest BCUT2D eigenvalue weighted by Gasteiger charge is -2.06. The molecule has 0 aromatic heterocycles. The highest BCUT2D eigenvalue weighted by atomic mass is 14.0. The summed E-state index contributed by atoms with van der Waals surface area (Å²) in [5, 5.41) is 0. The van der Waals surface area contributed by atoms with Crippen LogP contribution in [0, 0.1) is 27.7 Å². The van der Waals surface area contributed by atoms with Crippen LogP contribution in [0.4, 0.5) is 0 Å². The van der Waals surface area contributed by atoms with Crippen LogP contribution in [0.1, 0.15) is 49.9 Å². The van der Waals surface area contributed by atoms with Crippen LogP contribution in [0.15, 0.2) is 12.1 Å². The van der Waals surface area contributed by atoms with E-state index in [1.165, 1.54) is 22.3 Å². The molecule has 0 radical (unpaired) electrons. The van der Waals surface area contributed by atoms with Gasteiger partial charge in [0.1, 0.15) is 0 Å². The molecule has 0 fully saturated rings. The third-order valence-corrected chi connectivity index (χ3v) is 2.33. The molecule has 0 saturated heterocycles. The largest absolute Gasteiger partial charge is 0.0683 e. The van der Waals surface area contributed by atoms with Crippen molar-refractivity contribution in [1.29, 1.82) is 0 Å². The average Bonchev–Trinajstić information content (AvgIpc) is 2.26. The van der Waals surface area contributed by atoms with Crippen molar-refractivity contribution in [2.45, 2.75) is 55.4 Å². The first-order valence-corrected chi connectivity index (χ1v) is 5.66. The van der Waals surface area contributed by atoms with Crippen LogP contribution in [0.2, 0.25) is 0 Å².